The molecule has 7 heteroatoms. The SMILES string of the molecule is CN(CC(=O)O)C1CCCN(Cc2csc(-c3ccco3)n2)CC1. The van der Waals surface area contributed by atoms with Crippen LogP contribution in [0.2, 0.25) is 0 Å². The van der Waals surface area contributed by atoms with Crippen molar-refractivity contribution in [3.8, 4) is 10.8 Å². The lowest BCUT2D eigenvalue weighted by molar-refractivity contribution is -0.138. The molecule has 0 amide bonds. The van der Waals surface area contributed by atoms with Crippen LogP contribution in [0.4, 0.5) is 0 Å². The van der Waals surface area contributed by atoms with E-state index < -0.39 is 5.97 Å². The number of carboxylic acid groups (broad SMARTS) is 1. The summed E-state index contributed by atoms with van der Waals surface area (Å²) in [6, 6.07) is 4.15. The number of thiazole rings is 1. The van der Waals surface area contributed by atoms with Crippen molar-refractivity contribution in [1.29, 1.82) is 0 Å². The molecule has 3 rings (SSSR count). The Bertz CT molecular complexity index is 656. The van der Waals surface area contributed by atoms with Gasteiger partial charge < -0.3 is 9.52 Å². The highest BCUT2D eigenvalue weighted by Gasteiger charge is 2.22. The van der Waals surface area contributed by atoms with Crippen LogP contribution in [0.1, 0.15) is 25.0 Å². The summed E-state index contributed by atoms with van der Waals surface area (Å²) in [5.74, 6) is 0.0593. The van der Waals surface area contributed by atoms with E-state index in [1.165, 1.54) is 0 Å². The van der Waals surface area contributed by atoms with Crippen LogP contribution in [0.3, 0.4) is 0 Å². The Labute approximate surface area is 145 Å². The molecule has 2 aromatic rings. The van der Waals surface area contributed by atoms with Gasteiger partial charge in [0.2, 0.25) is 0 Å². The zero-order valence-electron chi connectivity index (χ0n) is 13.9. The summed E-state index contributed by atoms with van der Waals surface area (Å²) in [5.41, 5.74) is 1.07. The Hall–Kier alpha value is -1.70. The number of hydrogen-bond acceptors (Lipinski definition) is 6. The Morgan fingerprint density at radius 2 is 2.38 bits per heavy atom. The van der Waals surface area contributed by atoms with Gasteiger partial charge in [-0.05, 0) is 45.0 Å². The van der Waals surface area contributed by atoms with Crippen molar-refractivity contribution in [2.24, 2.45) is 0 Å². The van der Waals surface area contributed by atoms with Gasteiger partial charge in [0.1, 0.15) is 0 Å². The number of likely N-dealkylation sites (tertiary alicyclic amines) is 1. The first kappa shape index (κ1) is 17.1. The van der Waals surface area contributed by atoms with Crippen LogP contribution in [0.25, 0.3) is 10.8 Å². The van der Waals surface area contributed by atoms with Gasteiger partial charge in [0.15, 0.2) is 10.8 Å². The second-order valence-electron chi connectivity index (χ2n) is 6.29. The normalized spacial score (nSPS) is 19.5. The molecule has 1 fully saturated rings. The molecule has 1 aliphatic heterocycles. The molecule has 6 nitrogen and oxygen atoms in total. The summed E-state index contributed by atoms with van der Waals surface area (Å²) in [4.78, 5) is 19.9. The fraction of sp³-hybridized carbons (Fsp3) is 0.529. The number of likely N-dealkylation sites (N-methyl/N-ethyl adjacent to an activating group) is 1. The third-order valence-corrected chi connectivity index (χ3v) is 5.37. The fourth-order valence-corrected chi connectivity index (χ4v) is 3.98. The van der Waals surface area contributed by atoms with Crippen molar-refractivity contribution in [3.05, 3.63) is 29.5 Å². The van der Waals surface area contributed by atoms with E-state index in [9.17, 15) is 4.79 Å². The van der Waals surface area contributed by atoms with Crippen molar-refractivity contribution in [2.45, 2.75) is 31.8 Å². The van der Waals surface area contributed by atoms with Gasteiger partial charge >= 0.3 is 5.97 Å². The number of hydrogen-bond donors (Lipinski definition) is 1. The van der Waals surface area contributed by atoms with Crippen LogP contribution in [0, 0.1) is 0 Å². The lowest BCUT2D eigenvalue weighted by atomic mass is 10.1. The van der Waals surface area contributed by atoms with Crippen molar-refractivity contribution >= 4 is 17.3 Å². The van der Waals surface area contributed by atoms with Gasteiger partial charge in [0, 0.05) is 24.5 Å². The topological polar surface area (TPSA) is 69.8 Å². The predicted molar refractivity (Wildman–Crippen MR) is 93.0 cm³/mol. The molecule has 1 saturated heterocycles. The lowest BCUT2D eigenvalue weighted by Gasteiger charge is -2.25. The number of carbonyl (C=O) groups is 1. The van der Waals surface area contributed by atoms with Crippen molar-refractivity contribution in [3.63, 3.8) is 0 Å². The number of aromatic nitrogens is 1. The van der Waals surface area contributed by atoms with Gasteiger partial charge in [0.25, 0.3) is 0 Å². The van der Waals surface area contributed by atoms with Gasteiger partial charge in [-0.25, -0.2) is 4.98 Å². The van der Waals surface area contributed by atoms with Crippen molar-refractivity contribution in [2.75, 3.05) is 26.7 Å². The average molecular weight is 349 g/mol. The van der Waals surface area contributed by atoms with Crippen molar-refractivity contribution < 1.29 is 14.3 Å². The molecule has 130 valence electrons. The van der Waals surface area contributed by atoms with Crippen LogP contribution < -0.4 is 0 Å². The summed E-state index contributed by atoms with van der Waals surface area (Å²) >= 11 is 1.61. The van der Waals surface area contributed by atoms with Crippen LogP contribution in [0.5, 0.6) is 0 Å². The summed E-state index contributed by atoms with van der Waals surface area (Å²) in [6.45, 7) is 2.96. The van der Waals surface area contributed by atoms with Gasteiger partial charge in [-0.2, -0.15) is 0 Å². The summed E-state index contributed by atoms with van der Waals surface area (Å²) in [7, 11) is 1.91. The van der Waals surface area contributed by atoms with Gasteiger partial charge in [-0.1, -0.05) is 0 Å². The average Bonchev–Trinajstić information content (AvgIpc) is 3.15. The van der Waals surface area contributed by atoms with Gasteiger partial charge in [-0.15, -0.1) is 11.3 Å². The van der Waals surface area contributed by atoms with E-state index in [-0.39, 0.29) is 6.54 Å². The second kappa shape index (κ2) is 7.92. The first-order valence-corrected chi connectivity index (χ1v) is 9.12. The monoisotopic (exact) mass is 349 g/mol. The van der Waals surface area contributed by atoms with Gasteiger partial charge in [0.05, 0.1) is 18.5 Å². The molecule has 0 bridgehead atoms. The minimum Gasteiger partial charge on any atom is -0.480 e. The summed E-state index contributed by atoms with van der Waals surface area (Å²) < 4.78 is 5.40. The molecular weight excluding hydrogens is 326 g/mol. The molecule has 0 spiro atoms. The maximum Gasteiger partial charge on any atom is 0.317 e. The Balaban J connectivity index is 1.54. The zero-order valence-corrected chi connectivity index (χ0v) is 14.7. The molecule has 1 N–H and O–H groups in total. The largest absolute Gasteiger partial charge is 0.480 e. The number of furan rings is 1. The molecule has 2 aromatic heterocycles. The first-order chi connectivity index (χ1) is 11.6. The molecule has 1 atom stereocenters. The second-order valence-corrected chi connectivity index (χ2v) is 7.15. The number of aliphatic carboxylic acids is 1. The molecule has 0 saturated carbocycles. The lowest BCUT2D eigenvalue weighted by Crippen LogP contribution is -2.36. The van der Waals surface area contributed by atoms with E-state index in [1.54, 1.807) is 17.6 Å². The molecule has 0 aliphatic carbocycles. The third kappa shape index (κ3) is 4.43. The maximum atomic E-state index is 10.9. The summed E-state index contributed by atoms with van der Waals surface area (Å²) in [6.07, 6.45) is 4.80. The van der Waals surface area contributed by atoms with Gasteiger partial charge in [-0.3, -0.25) is 14.6 Å². The van der Waals surface area contributed by atoms with E-state index in [0.29, 0.717) is 6.04 Å². The highest BCUT2D eigenvalue weighted by molar-refractivity contribution is 7.13. The third-order valence-electron chi connectivity index (χ3n) is 4.47. The highest BCUT2D eigenvalue weighted by Crippen LogP contribution is 2.25. The fourth-order valence-electron chi connectivity index (χ4n) is 3.20. The minimum atomic E-state index is -0.758. The number of nitrogens with zero attached hydrogens (tertiary/aromatic N) is 3. The molecule has 3 heterocycles. The van der Waals surface area contributed by atoms with Crippen LogP contribution in [0.15, 0.2) is 28.2 Å². The molecule has 0 radical (unpaired) electrons. The Morgan fingerprint density at radius 3 is 3.12 bits per heavy atom. The molecule has 1 aliphatic rings. The summed E-state index contributed by atoms with van der Waals surface area (Å²) in [5, 5.41) is 12.0. The van der Waals surface area contributed by atoms with E-state index in [2.05, 4.69) is 15.3 Å². The Morgan fingerprint density at radius 1 is 1.50 bits per heavy atom. The highest BCUT2D eigenvalue weighted by atomic mass is 32.1. The molecular formula is C17H23N3O3S. The van der Waals surface area contributed by atoms with E-state index in [0.717, 1.165) is 55.4 Å². The maximum absolute atomic E-state index is 10.9. The smallest absolute Gasteiger partial charge is 0.317 e. The molecule has 0 aromatic carbocycles. The van der Waals surface area contributed by atoms with E-state index in [4.69, 9.17) is 9.52 Å². The zero-order chi connectivity index (χ0) is 16.9. The standard InChI is InChI=1S/C17H23N3O3S/c1-19(11-16(21)22)14-4-2-7-20(8-6-14)10-13-12-24-17(18-13)15-5-3-9-23-15/h3,5,9,12,14H,2,4,6-8,10-11H2,1H3,(H,21,22). The predicted octanol–water partition coefficient (Wildman–Crippen LogP) is 2.77. The number of carboxylic acids is 1. The number of rotatable bonds is 6. The Kier molecular flexibility index (Phi) is 5.65. The molecule has 24 heavy (non-hydrogen) atoms. The van der Waals surface area contributed by atoms with Crippen LogP contribution in [-0.4, -0.2) is 58.6 Å². The van der Waals surface area contributed by atoms with E-state index in [1.807, 2.05) is 24.1 Å². The van der Waals surface area contributed by atoms with Crippen molar-refractivity contribution in [1.82, 2.24) is 14.8 Å². The quantitative estimate of drug-likeness (QED) is 0.865. The van der Waals surface area contributed by atoms with Crippen LogP contribution >= 0.6 is 11.3 Å². The minimum absolute atomic E-state index is 0.114. The van der Waals surface area contributed by atoms with E-state index >= 15 is 0 Å². The first-order valence-electron chi connectivity index (χ1n) is 8.24. The van der Waals surface area contributed by atoms with Crippen LogP contribution in [-0.2, 0) is 11.3 Å². The molecule has 1 unspecified atom stereocenters.